The SMILES string of the molecule is O=C(NCc1cccnc1-n1ccnc1)N[C@@H]1CCSc2ccc(F)cc21. The summed E-state index contributed by atoms with van der Waals surface area (Å²) in [4.78, 5) is 21.8. The molecule has 0 bridgehead atoms. The maximum Gasteiger partial charge on any atom is 0.315 e. The van der Waals surface area contributed by atoms with Gasteiger partial charge in [-0.05, 0) is 36.2 Å². The first kappa shape index (κ1) is 17.5. The third-order valence-electron chi connectivity index (χ3n) is 4.37. The number of amides is 2. The van der Waals surface area contributed by atoms with E-state index >= 15 is 0 Å². The standard InChI is InChI=1S/C19H18FN5OS/c20-14-3-4-17-15(10-14)16(5-9-27-17)24-19(26)23-11-13-2-1-6-22-18(13)25-8-7-21-12-25/h1-4,6-8,10,12,16H,5,9,11H2,(H2,23,24,26)/t16-/m1/s1. The molecule has 2 amide bonds. The highest BCUT2D eigenvalue weighted by atomic mass is 32.2. The van der Waals surface area contributed by atoms with E-state index in [1.165, 1.54) is 12.1 Å². The van der Waals surface area contributed by atoms with Crippen molar-refractivity contribution in [3.8, 4) is 5.82 Å². The molecule has 0 radical (unpaired) electrons. The number of rotatable bonds is 4. The molecular weight excluding hydrogens is 365 g/mol. The van der Waals surface area contributed by atoms with Gasteiger partial charge in [-0.25, -0.2) is 19.2 Å². The molecule has 0 saturated carbocycles. The third-order valence-corrected chi connectivity index (χ3v) is 5.50. The van der Waals surface area contributed by atoms with Crippen molar-refractivity contribution in [3.63, 3.8) is 0 Å². The lowest BCUT2D eigenvalue weighted by molar-refractivity contribution is 0.236. The Labute approximate surface area is 160 Å². The number of aromatic nitrogens is 3. The van der Waals surface area contributed by atoms with E-state index < -0.39 is 0 Å². The normalized spacial score (nSPS) is 15.8. The maximum atomic E-state index is 13.6. The van der Waals surface area contributed by atoms with E-state index in [2.05, 4.69) is 20.6 Å². The van der Waals surface area contributed by atoms with Crippen LogP contribution in [0.3, 0.4) is 0 Å². The summed E-state index contributed by atoms with van der Waals surface area (Å²) in [7, 11) is 0. The Hall–Kier alpha value is -2.87. The van der Waals surface area contributed by atoms with Gasteiger partial charge in [0.2, 0.25) is 0 Å². The topological polar surface area (TPSA) is 71.8 Å². The number of nitrogens with one attached hydrogen (secondary N) is 2. The monoisotopic (exact) mass is 383 g/mol. The Morgan fingerprint density at radius 1 is 1.33 bits per heavy atom. The summed E-state index contributed by atoms with van der Waals surface area (Å²) in [6, 6.07) is 7.98. The molecule has 2 aromatic heterocycles. The molecule has 138 valence electrons. The molecular formula is C19H18FN5OS. The first-order valence-corrected chi connectivity index (χ1v) is 9.58. The van der Waals surface area contributed by atoms with Gasteiger partial charge in [-0.1, -0.05) is 6.07 Å². The molecule has 1 aliphatic heterocycles. The van der Waals surface area contributed by atoms with Gasteiger partial charge in [0.15, 0.2) is 0 Å². The summed E-state index contributed by atoms with van der Waals surface area (Å²) in [5.74, 6) is 1.32. The number of halogens is 1. The number of thioether (sulfide) groups is 1. The number of carbonyl (C=O) groups is 1. The van der Waals surface area contributed by atoms with Crippen molar-refractivity contribution < 1.29 is 9.18 Å². The van der Waals surface area contributed by atoms with Crippen LogP contribution in [0.2, 0.25) is 0 Å². The molecule has 1 aromatic carbocycles. The molecule has 3 aromatic rings. The summed E-state index contributed by atoms with van der Waals surface area (Å²) in [5.41, 5.74) is 1.71. The molecule has 4 rings (SSSR count). The van der Waals surface area contributed by atoms with Crippen LogP contribution in [0.25, 0.3) is 5.82 Å². The smallest absolute Gasteiger partial charge is 0.315 e. The van der Waals surface area contributed by atoms with Gasteiger partial charge in [0.1, 0.15) is 18.0 Å². The van der Waals surface area contributed by atoms with Crippen molar-refractivity contribution in [1.82, 2.24) is 25.2 Å². The fourth-order valence-corrected chi connectivity index (χ4v) is 4.19. The van der Waals surface area contributed by atoms with Crippen LogP contribution in [-0.4, -0.2) is 26.3 Å². The highest BCUT2D eigenvalue weighted by Crippen LogP contribution is 2.36. The average Bonchev–Trinajstić information content (AvgIpc) is 3.22. The van der Waals surface area contributed by atoms with Gasteiger partial charge in [-0.3, -0.25) is 4.57 Å². The Bertz CT molecular complexity index is 947. The largest absolute Gasteiger partial charge is 0.334 e. The van der Waals surface area contributed by atoms with Crippen molar-refractivity contribution in [2.75, 3.05) is 5.75 Å². The highest BCUT2D eigenvalue weighted by Gasteiger charge is 2.23. The van der Waals surface area contributed by atoms with Gasteiger partial charge in [0, 0.05) is 41.3 Å². The molecule has 3 heterocycles. The zero-order valence-electron chi connectivity index (χ0n) is 14.4. The van der Waals surface area contributed by atoms with Gasteiger partial charge in [0.25, 0.3) is 0 Å². The minimum Gasteiger partial charge on any atom is -0.334 e. The van der Waals surface area contributed by atoms with Gasteiger partial charge in [-0.15, -0.1) is 11.8 Å². The minimum atomic E-state index is -0.289. The van der Waals surface area contributed by atoms with E-state index in [1.54, 1.807) is 47.3 Å². The predicted octanol–water partition coefficient (Wildman–Crippen LogP) is 3.44. The van der Waals surface area contributed by atoms with Crippen molar-refractivity contribution in [2.45, 2.75) is 23.9 Å². The molecule has 0 spiro atoms. The lowest BCUT2D eigenvalue weighted by atomic mass is 10.0. The van der Waals surface area contributed by atoms with E-state index in [0.717, 1.165) is 34.0 Å². The summed E-state index contributed by atoms with van der Waals surface area (Å²) in [6.07, 6.45) is 7.61. The number of pyridine rings is 1. The molecule has 6 nitrogen and oxygen atoms in total. The number of hydrogen-bond donors (Lipinski definition) is 2. The highest BCUT2D eigenvalue weighted by molar-refractivity contribution is 7.99. The number of imidazole rings is 1. The molecule has 1 aliphatic rings. The molecule has 0 fully saturated rings. The van der Waals surface area contributed by atoms with E-state index in [4.69, 9.17) is 0 Å². The number of urea groups is 1. The fourth-order valence-electron chi connectivity index (χ4n) is 3.09. The Morgan fingerprint density at radius 3 is 3.11 bits per heavy atom. The Kier molecular flexibility index (Phi) is 5.06. The summed E-state index contributed by atoms with van der Waals surface area (Å²) in [6.45, 7) is 0.324. The average molecular weight is 383 g/mol. The van der Waals surface area contributed by atoms with E-state index in [0.29, 0.717) is 6.54 Å². The molecule has 0 unspecified atom stereocenters. The van der Waals surface area contributed by atoms with Crippen LogP contribution < -0.4 is 10.6 Å². The lowest BCUT2D eigenvalue weighted by Crippen LogP contribution is -2.38. The molecule has 0 saturated heterocycles. The van der Waals surface area contributed by atoms with E-state index in [9.17, 15) is 9.18 Å². The summed E-state index contributed by atoms with van der Waals surface area (Å²) < 4.78 is 15.4. The van der Waals surface area contributed by atoms with Gasteiger partial charge in [0.05, 0.1) is 6.04 Å². The van der Waals surface area contributed by atoms with E-state index in [1.807, 2.05) is 12.1 Å². The molecule has 1 atom stereocenters. The van der Waals surface area contributed by atoms with Crippen molar-refractivity contribution in [1.29, 1.82) is 0 Å². The Morgan fingerprint density at radius 2 is 2.26 bits per heavy atom. The van der Waals surface area contributed by atoms with Crippen LogP contribution >= 0.6 is 11.8 Å². The molecule has 0 aliphatic carbocycles. The quantitative estimate of drug-likeness (QED) is 0.724. The first-order chi connectivity index (χ1) is 13.2. The minimum absolute atomic E-state index is 0.195. The Balaban J connectivity index is 1.43. The van der Waals surface area contributed by atoms with Crippen molar-refractivity contribution in [2.24, 2.45) is 0 Å². The van der Waals surface area contributed by atoms with Crippen LogP contribution in [0.4, 0.5) is 9.18 Å². The van der Waals surface area contributed by atoms with Gasteiger partial charge in [-0.2, -0.15) is 0 Å². The lowest BCUT2D eigenvalue weighted by Gasteiger charge is -2.26. The van der Waals surface area contributed by atoms with Crippen molar-refractivity contribution >= 4 is 17.8 Å². The first-order valence-electron chi connectivity index (χ1n) is 8.59. The second-order valence-corrected chi connectivity index (χ2v) is 7.29. The van der Waals surface area contributed by atoms with Crippen LogP contribution in [0.1, 0.15) is 23.6 Å². The number of fused-ring (bicyclic) bond motifs is 1. The maximum absolute atomic E-state index is 13.6. The number of benzene rings is 1. The zero-order chi connectivity index (χ0) is 18.6. The molecule has 27 heavy (non-hydrogen) atoms. The number of hydrogen-bond acceptors (Lipinski definition) is 4. The molecule has 2 N–H and O–H groups in total. The number of nitrogens with zero attached hydrogens (tertiary/aromatic N) is 3. The number of carbonyl (C=O) groups excluding carboxylic acids is 1. The predicted molar refractivity (Wildman–Crippen MR) is 101 cm³/mol. The van der Waals surface area contributed by atoms with Gasteiger partial charge < -0.3 is 10.6 Å². The fraction of sp³-hybridized carbons (Fsp3) is 0.211. The van der Waals surface area contributed by atoms with Crippen LogP contribution in [0.15, 0.2) is 60.1 Å². The third kappa shape index (κ3) is 3.95. The summed E-state index contributed by atoms with van der Waals surface area (Å²) >= 11 is 1.68. The van der Waals surface area contributed by atoms with Crippen LogP contribution in [0.5, 0.6) is 0 Å². The second kappa shape index (κ2) is 7.79. The van der Waals surface area contributed by atoms with Crippen molar-refractivity contribution in [3.05, 3.63) is 72.2 Å². The second-order valence-electron chi connectivity index (χ2n) is 6.15. The van der Waals surface area contributed by atoms with Gasteiger partial charge >= 0.3 is 6.03 Å². The van der Waals surface area contributed by atoms with Crippen LogP contribution in [0, 0.1) is 5.82 Å². The zero-order valence-corrected chi connectivity index (χ0v) is 15.2. The van der Waals surface area contributed by atoms with E-state index in [-0.39, 0.29) is 17.9 Å². The molecule has 8 heteroatoms. The summed E-state index contributed by atoms with van der Waals surface area (Å²) in [5, 5.41) is 5.83. The van der Waals surface area contributed by atoms with Crippen LogP contribution in [-0.2, 0) is 6.54 Å².